The van der Waals surface area contributed by atoms with Crippen LogP contribution < -0.4 is 5.73 Å². The van der Waals surface area contributed by atoms with E-state index in [0.717, 1.165) is 29.3 Å². The summed E-state index contributed by atoms with van der Waals surface area (Å²) in [4.78, 5) is 4.59. The maximum atomic E-state index is 6.20. The Morgan fingerprint density at radius 2 is 2.12 bits per heavy atom. The lowest BCUT2D eigenvalue weighted by Crippen LogP contribution is -2.17. The van der Waals surface area contributed by atoms with Crippen molar-refractivity contribution in [1.82, 2.24) is 10.1 Å². The molecule has 4 rings (SSSR count). The Morgan fingerprint density at radius 3 is 2.96 bits per heavy atom. The van der Waals surface area contributed by atoms with Crippen LogP contribution in [-0.2, 0) is 12.8 Å². The largest absolute Gasteiger partial charge is 0.334 e. The van der Waals surface area contributed by atoms with Crippen LogP contribution in [0.15, 0.2) is 45.4 Å². The zero-order valence-electron chi connectivity index (χ0n) is 14.1. The molecule has 0 saturated carbocycles. The Hall–Kier alpha value is -1.98. The molecule has 4 nitrogen and oxygen atoms in total. The number of rotatable bonds is 3. The van der Waals surface area contributed by atoms with E-state index in [0.29, 0.717) is 18.1 Å². The smallest absolute Gasteiger partial charge is 0.257 e. The molecule has 1 atom stereocenters. The molecule has 25 heavy (non-hydrogen) atoms. The first kappa shape index (κ1) is 16.5. The fraction of sp³-hybridized carbons (Fsp3) is 0.300. The van der Waals surface area contributed by atoms with Crippen LogP contribution in [0.1, 0.15) is 47.0 Å². The van der Waals surface area contributed by atoms with Gasteiger partial charge in [0.05, 0.1) is 0 Å². The van der Waals surface area contributed by atoms with E-state index in [1.54, 1.807) is 0 Å². The van der Waals surface area contributed by atoms with Gasteiger partial charge in [0.25, 0.3) is 5.89 Å². The van der Waals surface area contributed by atoms with Crippen molar-refractivity contribution in [1.29, 1.82) is 0 Å². The van der Waals surface area contributed by atoms with Gasteiger partial charge in [0.15, 0.2) is 5.82 Å². The average molecular weight is 398 g/mol. The predicted octanol–water partition coefficient (Wildman–Crippen LogP) is 4.73. The molecule has 0 radical (unpaired) electrons. The van der Waals surface area contributed by atoms with Crippen LogP contribution in [0, 0.1) is 6.92 Å². The van der Waals surface area contributed by atoms with E-state index in [9.17, 15) is 0 Å². The van der Waals surface area contributed by atoms with Gasteiger partial charge in [-0.3, -0.25) is 0 Å². The second-order valence-corrected chi connectivity index (χ2v) is 7.59. The molecule has 0 spiro atoms. The Balaban J connectivity index is 1.59. The number of aromatic nitrogens is 2. The van der Waals surface area contributed by atoms with Crippen LogP contribution in [0.25, 0.3) is 11.5 Å². The van der Waals surface area contributed by atoms with Crippen LogP contribution in [0.3, 0.4) is 0 Å². The molecular formula is C20H20BrN3O. The zero-order valence-corrected chi connectivity index (χ0v) is 15.7. The molecule has 1 aromatic heterocycles. The van der Waals surface area contributed by atoms with Gasteiger partial charge in [-0.2, -0.15) is 4.98 Å². The van der Waals surface area contributed by atoms with Gasteiger partial charge in [-0.25, -0.2) is 0 Å². The van der Waals surface area contributed by atoms with Crippen molar-refractivity contribution >= 4 is 15.9 Å². The molecule has 0 amide bonds. The zero-order chi connectivity index (χ0) is 17.4. The van der Waals surface area contributed by atoms with Gasteiger partial charge in [-0.1, -0.05) is 33.2 Å². The number of halogens is 1. The minimum atomic E-state index is 0.149. The molecule has 1 heterocycles. The van der Waals surface area contributed by atoms with E-state index in [1.807, 2.05) is 12.1 Å². The quantitative estimate of drug-likeness (QED) is 0.693. The van der Waals surface area contributed by atoms with E-state index < -0.39 is 0 Å². The Kier molecular flexibility index (Phi) is 4.44. The molecule has 0 bridgehead atoms. The Morgan fingerprint density at radius 1 is 1.24 bits per heavy atom. The van der Waals surface area contributed by atoms with Gasteiger partial charge < -0.3 is 10.3 Å². The molecule has 5 heteroatoms. The van der Waals surface area contributed by atoms with Crippen molar-refractivity contribution in [2.24, 2.45) is 5.73 Å². The maximum Gasteiger partial charge on any atom is 0.257 e. The van der Waals surface area contributed by atoms with Crippen molar-refractivity contribution in [2.45, 2.75) is 38.6 Å². The lowest BCUT2D eigenvalue weighted by molar-refractivity contribution is 0.423. The van der Waals surface area contributed by atoms with Crippen molar-refractivity contribution in [2.75, 3.05) is 0 Å². The van der Waals surface area contributed by atoms with Crippen molar-refractivity contribution < 1.29 is 4.52 Å². The monoisotopic (exact) mass is 397 g/mol. The lowest BCUT2D eigenvalue weighted by Gasteiger charge is -2.22. The summed E-state index contributed by atoms with van der Waals surface area (Å²) in [6, 6.07) is 12.7. The first-order valence-corrected chi connectivity index (χ1v) is 9.36. The number of benzene rings is 2. The normalized spacial score (nSPS) is 16.7. The topological polar surface area (TPSA) is 64.9 Å². The molecule has 2 aromatic carbocycles. The Bertz CT molecular complexity index is 919. The number of hydrogen-bond donors (Lipinski definition) is 1. The summed E-state index contributed by atoms with van der Waals surface area (Å²) in [5.74, 6) is 1.28. The first-order valence-electron chi connectivity index (χ1n) is 8.56. The fourth-order valence-electron chi connectivity index (χ4n) is 3.46. The van der Waals surface area contributed by atoms with Crippen LogP contribution in [-0.4, -0.2) is 10.1 Å². The van der Waals surface area contributed by atoms with Crippen LogP contribution >= 0.6 is 15.9 Å². The lowest BCUT2D eigenvalue weighted by atomic mass is 9.87. The van der Waals surface area contributed by atoms with Gasteiger partial charge in [0.1, 0.15) is 0 Å². The molecule has 1 unspecified atom stereocenters. The number of nitrogens with two attached hydrogens (primary N) is 1. The van der Waals surface area contributed by atoms with Crippen molar-refractivity contribution in [3.05, 3.63) is 68.9 Å². The average Bonchev–Trinajstić information content (AvgIpc) is 3.06. The summed E-state index contributed by atoms with van der Waals surface area (Å²) >= 11 is 3.49. The number of hydrogen-bond acceptors (Lipinski definition) is 4. The van der Waals surface area contributed by atoms with Crippen molar-refractivity contribution in [3.8, 4) is 11.5 Å². The molecule has 128 valence electrons. The molecule has 3 aromatic rings. The van der Waals surface area contributed by atoms with E-state index in [1.165, 1.54) is 22.3 Å². The van der Waals surface area contributed by atoms with E-state index in [-0.39, 0.29) is 6.04 Å². The van der Waals surface area contributed by atoms with Gasteiger partial charge in [0, 0.05) is 22.5 Å². The number of aryl methyl sites for hydroxylation is 2. The van der Waals surface area contributed by atoms with Crippen LogP contribution in [0.2, 0.25) is 0 Å². The van der Waals surface area contributed by atoms with E-state index >= 15 is 0 Å². The summed E-state index contributed by atoms with van der Waals surface area (Å²) < 4.78 is 6.58. The molecule has 2 N–H and O–H groups in total. The molecule has 1 aliphatic carbocycles. The van der Waals surface area contributed by atoms with Crippen molar-refractivity contribution in [3.63, 3.8) is 0 Å². The molecule has 0 aliphatic heterocycles. The van der Waals surface area contributed by atoms with Gasteiger partial charge >= 0.3 is 0 Å². The molecular weight excluding hydrogens is 378 g/mol. The highest BCUT2D eigenvalue weighted by atomic mass is 79.9. The number of fused-ring (bicyclic) bond motifs is 1. The predicted molar refractivity (Wildman–Crippen MR) is 101 cm³/mol. The van der Waals surface area contributed by atoms with Gasteiger partial charge in [-0.05, 0) is 72.7 Å². The molecule has 0 fully saturated rings. The summed E-state index contributed by atoms with van der Waals surface area (Å²) in [6.07, 6.45) is 3.92. The SMILES string of the molecule is Cc1cc(Br)ccc1Cc1noc(-c2ccc3c(c2)CCCC3N)n1. The summed E-state index contributed by atoms with van der Waals surface area (Å²) in [7, 11) is 0. The molecule has 1 aliphatic rings. The fourth-order valence-corrected chi connectivity index (χ4v) is 3.93. The highest BCUT2D eigenvalue weighted by Crippen LogP contribution is 2.31. The Labute approximate surface area is 155 Å². The van der Waals surface area contributed by atoms with Gasteiger partial charge in [0.2, 0.25) is 0 Å². The minimum Gasteiger partial charge on any atom is -0.334 e. The van der Waals surface area contributed by atoms with E-state index in [4.69, 9.17) is 10.3 Å². The number of nitrogens with zero attached hydrogens (tertiary/aromatic N) is 2. The second-order valence-electron chi connectivity index (χ2n) is 6.68. The summed E-state index contributed by atoms with van der Waals surface area (Å²) in [5.41, 5.74) is 12.1. The van der Waals surface area contributed by atoms with Crippen LogP contribution in [0.4, 0.5) is 0 Å². The van der Waals surface area contributed by atoms with E-state index in [2.05, 4.69) is 57.3 Å². The molecule has 0 saturated heterocycles. The highest BCUT2D eigenvalue weighted by Gasteiger charge is 2.18. The third-order valence-corrected chi connectivity index (χ3v) is 5.37. The second kappa shape index (κ2) is 6.73. The highest BCUT2D eigenvalue weighted by molar-refractivity contribution is 9.10. The van der Waals surface area contributed by atoms with Gasteiger partial charge in [-0.15, -0.1) is 0 Å². The summed E-state index contributed by atoms with van der Waals surface area (Å²) in [6.45, 7) is 2.09. The third kappa shape index (κ3) is 3.39. The first-order chi connectivity index (χ1) is 12.1. The summed E-state index contributed by atoms with van der Waals surface area (Å²) in [5, 5.41) is 4.16. The maximum absolute atomic E-state index is 6.20. The van der Waals surface area contributed by atoms with Crippen LogP contribution in [0.5, 0.6) is 0 Å². The standard InChI is InChI=1S/C20H20BrN3O/c1-12-9-16(21)7-5-13(12)11-19-23-20(25-24-19)15-6-8-17-14(10-15)3-2-4-18(17)22/h5-10,18H,2-4,11,22H2,1H3. The third-order valence-electron chi connectivity index (χ3n) is 4.87. The minimum absolute atomic E-state index is 0.149.